The van der Waals surface area contributed by atoms with E-state index in [1.54, 1.807) is 54.6 Å². The van der Waals surface area contributed by atoms with Crippen LogP contribution in [0.15, 0.2) is 82.4 Å². The normalized spacial score (nSPS) is 14.9. The Hall–Kier alpha value is -3.89. The molecule has 1 aliphatic heterocycles. The fraction of sp³-hybridized carbons (Fsp3) is 0.167. The number of ether oxygens (including phenoxy) is 1. The minimum Gasteiger partial charge on any atom is -0.478 e. The molecule has 5 rings (SSSR count). The molecular weight excluding hydrogens is 458 g/mol. The van der Waals surface area contributed by atoms with Gasteiger partial charge in [-0.05, 0) is 36.4 Å². The van der Waals surface area contributed by atoms with Crippen LogP contribution in [0, 0.1) is 0 Å². The number of carboxylic acids is 1. The number of sulfonamides is 1. The summed E-state index contributed by atoms with van der Waals surface area (Å²) in [7, 11) is -3.75. The lowest BCUT2D eigenvalue weighted by Gasteiger charge is -2.36. The van der Waals surface area contributed by atoms with Gasteiger partial charge in [-0.15, -0.1) is 0 Å². The molecule has 2 heterocycles. The Balaban J connectivity index is 1.31. The Bertz CT molecular complexity index is 1460. The van der Waals surface area contributed by atoms with Crippen molar-refractivity contribution in [2.24, 2.45) is 0 Å². The second-order valence-corrected chi connectivity index (χ2v) is 9.71. The highest BCUT2D eigenvalue weighted by atomic mass is 32.2. The van der Waals surface area contributed by atoms with E-state index in [4.69, 9.17) is 9.15 Å². The largest absolute Gasteiger partial charge is 0.478 e. The van der Waals surface area contributed by atoms with Crippen molar-refractivity contribution in [2.45, 2.75) is 4.90 Å². The Morgan fingerprint density at radius 1 is 0.941 bits per heavy atom. The van der Waals surface area contributed by atoms with Gasteiger partial charge in [-0.1, -0.05) is 18.2 Å². The maximum Gasteiger partial charge on any atom is 0.337 e. The van der Waals surface area contributed by atoms with E-state index in [0.29, 0.717) is 41.4 Å². The van der Waals surface area contributed by atoms with E-state index in [1.165, 1.54) is 22.8 Å². The average Bonchev–Trinajstić information content (AvgIpc) is 3.32. The SMILES string of the molecule is O=C(O)c1ccccc1N1CCN(S(=O)(=O)c2cccc(Oc3ccc4ncoc4c3)c2)CC1. The summed E-state index contributed by atoms with van der Waals surface area (Å²) in [4.78, 5) is 17.6. The number of para-hydroxylation sites is 1. The molecule has 10 heteroatoms. The van der Waals surface area contributed by atoms with Gasteiger partial charge < -0.3 is 19.2 Å². The minimum absolute atomic E-state index is 0.130. The van der Waals surface area contributed by atoms with Crippen molar-refractivity contribution < 1.29 is 27.5 Å². The smallest absolute Gasteiger partial charge is 0.337 e. The molecule has 0 saturated carbocycles. The van der Waals surface area contributed by atoms with Crippen LogP contribution in [0.3, 0.4) is 0 Å². The second-order valence-electron chi connectivity index (χ2n) is 7.77. The number of anilines is 1. The Morgan fingerprint density at radius 2 is 1.71 bits per heavy atom. The molecule has 0 bridgehead atoms. The van der Waals surface area contributed by atoms with Gasteiger partial charge in [-0.25, -0.2) is 18.2 Å². The molecule has 0 spiro atoms. The van der Waals surface area contributed by atoms with Crippen molar-refractivity contribution in [1.29, 1.82) is 0 Å². The van der Waals surface area contributed by atoms with E-state index in [9.17, 15) is 18.3 Å². The average molecular weight is 480 g/mol. The maximum atomic E-state index is 13.3. The predicted molar refractivity (Wildman–Crippen MR) is 125 cm³/mol. The number of piperazine rings is 1. The van der Waals surface area contributed by atoms with E-state index < -0.39 is 16.0 Å². The summed E-state index contributed by atoms with van der Waals surface area (Å²) in [5.41, 5.74) is 2.07. The van der Waals surface area contributed by atoms with Crippen LogP contribution in [0.25, 0.3) is 11.1 Å². The van der Waals surface area contributed by atoms with Crippen LogP contribution in [0.4, 0.5) is 5.69 Å². The fourth-order valence-corrected chi connectivity index (χ4v) is 5.44. The summed E-state index contributed by atoms with van der Waals surface area (Å²) in [6.45, 7) is 1.25. The fourth-order valence-electron chi connectivity index (χ4n) is 3.98. The van der Waals surface area contributed by atoms with Crippen LogP contribution in [0.2, 0.25) is 0 Å². The lowest BCUT2D eigenvalue weighted by Crippen LogP contribution is -2.49. The zero-order valence-electron chi connectivity index (χ0n) is 18.0. The molecule has 1 saturated heterocycles. The van der Waals surface area contributed by atoms with Crippen molar-refractivity contribution in [3.8, 4) is 11.5 Å². The minimum atomic E-state index is -3.75. The number of carboxylic acid groups (broad SMARTS) is 1. The van der Waals surface area contributed by atoms with E-state index >= 15 is 0 Å². The van der Waals surface area contributed by atoms with Crippen LogP contribution < -0.4 is 9.64 Å². The number of oxazole rings is 1. The first-order valence-corrected chi connectivity index (χ1v) is 12.0. The molecule has 0 unspecified atom stereocenters. The first kappa shape index (κ1) is 21.9. The number of carbonyl (C=O) groups is 1. The van der Waals surface area contributed by atoms with Crippen molar-refractivity contribution in [3.63, 3.8) is 0 Å². The molecule has 174 valence electrons. The monoisotopic (exact) mass is 479 g/mol. The van der Waals surface area contributed by atoms with Crippen molar-refractivity contribution >= 4 is 32.8 Å². The van der Waals surface area contributed by atoms with Crippen molar-refractivity contribution in [1.82, 2.24) is 9.29 Å². The summed E-state index contributed by atoms with van der Waals surface area (Å²) in [5.74, 6) is -0.122. The molecule has 0 atom stereocenters. The highest BCUT2D eigenvalue weighted by molar-refractivity contribution is 7.89. The first-order valence-electron chi connectivity index (χ1n) is 10.6. The van der Waals surface area contributed by atoms with Gasteiger partial charge in [0.15, 0.2) is 12.0 Å². The highest BCUT2D eigenvalue weighted by Crippen LogP contribution is 2.29. The van der Waals surface area contributed by atoms with Crippen LogP contribution >= 0.6 is 0 Å². The molecule has 9 nitrogen and oxygen atoms in total. The standard InChI is InChI=1S/C24H21N3O6S/c28-24(29)20-6-1-2-7-22(20)26-10-12-27(13-11-26)34(30,31)19-5-3-4-17(14-19)33-18-8-9-21-23(15-18)32-16-25-21/h1-9,14-16H,10-13H2,(H,28,29). The van der Waals surface area contributed by atoms with Gasteiger partial charge in [0.1, 0.15) is 17.0 Å². The number of hydrogen-bond donors (Lipinski definition) is 1. The quantitative estimate of drug-likeness (QED) is 0.444. The Labute approximate surface area is 195 Å². The number of fused-ring (bicyclic) bond motifs is 1. The van der Waals surface area contributed by atoms with Gasteiger partial charge in [0.05, 0.1) is 16.1 Å². The molecule has 1 aliphatic rings. The van der Waals surface area contributed by atoms with Crippen LogP contribution in [-0.4, -0.2) is 55.0 Å². The van der Waals surface area contributed by atoms with Crippen LogP contribution in [0.5, 0.6) is 11.5 Å². The summed E-state index contributed by atoms with van der Waals surface area (Å²) in [5, 5.41) is 9.45. The van der Waals surface area contributed by atoms with Gasteiger partial charge in [0.2, 0.25) is 10.0 Å². The summed E-state index contributed by atoms with van der Waals surface area (Å²) in [6, 6.07) is 18.3. The van der Waals surface area contributed by atoms with E-state index in [2.05, 4.69) is 4.98 Å². The van der Waals surface area contributed by atoms with Gasteiger partial charge >= 0.3 is 5.97 Å². The van der Waals surface area contributed by atoms with Gasteiger partial charge in [-0.3, -0.25) is 0 Å². The summed E-state index contributed by atoms with van der Waals surface area (Å²) >= 11 is 0. The van der Waals surface area contributed by atoms with E-state index in [0.717, 1.165) is 0 Å². The molecule has 1 fully saturated rings. The maximum absolute atomic E-state index is 13.3. The zero-order valence-corrected chi connectivity index (χ0v) is 18.8. The molecule has 34 heavy (non-hydrogen) atoms. The number of hydrogen-bond acceptors (Lipinski definition) is 7. The third kappa shape index (κ3) is 4.20. The van der Waals surface area contributed by atoms with Crippen molar-refractivity contribution in [3.05, 3.63) is 78.7 Å². The number of aromatic nitrogens is 1. The van der Waals surface area contributed by atoms with E-state index in [-0.39, 0.29) is 23.5 Å². The predicted octanol–water partition coefficient (Wildman–Crippen LogP) is 3.83. The molecule has 0 aliphatic carbocycles. The Morgan fingerprint density at radius 3 is 2.50 bits per heavy atom. The third-order valence-electron chi connectivity index (χ3n) is 5.70. The van der Waals surface area contributed by atoms with Gasteiger partial charge in [0.25, 0.3) is 0 Å². The number of aromatic carboxylic acids is 1. The summed E-state index contributed by atoms with van der Waals surface area (Å²) < 4.78 is 39.1. The third-order valence-corrected chi connectivity index (χ3v) is 7.59. The highest BCUT2D eigenvalue weighted by Gasteiger charge is 2.30. The zero-order chi connectivity index (χ0) is 23.7. The first-order chi connectivity index (χ1) is 16.4. The molecule has 0 amide bonds. The molecular formula is C24H21N3O6S. The second kappa shape index (κ2) is 8.81. The van der Waals surface area contributed by atoms with Crippen LogP contribution in [0.1, 0.15) is 10.4 Å². The molecule has 0 radical (unpaired) electrons. The number of benzene rings is 3. The lowest BCUT2D eigenvalue weighted by molar-refractivity contribution is 0.0697. The Kier molecular flexibility index (Phi) is 5.68. The molecule has 1 aromatic heterocycles. The topological polar surface area (TPSA) is 113 Å². The number of rotatable bonds is 6. The van der Waals surface area contributed by atoms with Gasteiger partial charge in [0, 0.05) is 38.3 Å². The summed E-state index contributed by atoms with van der Waals surface area (Å²) in [6.07, 6.45) is 1.35. The van der Waals surface area contributed by atoms with E-state index in [1.807, 2.05) is 4.90 Å². The van der Waals surface area contributed by atoms with Crippen molar-refractivity contribution in [2.75, 3.05) is 31.1 Å². The van der Waals surface area contributed by atoms with Crippen LogP contribution in [-0.2, 0) is 10.0 Å². The lowest BCUT2D eigenvalue weighted by atomic mass is 10.1. The molecule has 3 aromatic carbocycles. The number of nitrogens with zero attached hydrogens (tertiary/aromatic N) is 3. The molecule has 4 aromatic rings. The molecule has 1 N–H and O–H groups in total. The van der Waals surface area contributed by atoms with Gasteiger partial charge in [-0.2, -0.15) is 4.31 Å².